The van der Waals surface area contributed by atoms with Gasteiger partial charge in [0.05, 0.1) is 0 Å². The number of carbonyl (C=O) groups is 1. The van der Waals surface area contributed by atoms with Crippen LogP contribution in [0.3, 0.4) is 0 Å². The highest BCUT2D eigenvalue weighted by atomic mass is 16.4. The minimum Gasteiger partial charge on any atom is -0.480 e. The number of pyridine rings is 1. The van der Waals surface area contributed by atoms with E-state index in [-0.39, 0.29) is 5.92 Å². The molecule has 2 aliphatic rings. The second kappa shape index (κ2) is 9.33. The van der Waals surface area contributed by atoms with Crippen LogP contribution in [0.2, 0.25) is 0 Å². The average molecular weight is 361 g/mol. The van der Waals surface area contributed by atoms with Gasteiger partial charge in [-0.15, -0.1) is 0 Å². The predicted molar refractivity (Wildman–Crippen MR) is 103 cm³/mol. The fraction of sp³-hybridized carbons (Fsp3) is 0.700. The van der Waals surface area contributed by atoms with Crippen molar-refractivity contribution in [1.29, 1.82) is 0 Å². The van der Waals surface area contributed by atoms with E-state index in [1.165, 1.54) is 19.3 Å². The first-order chi connectivity index (χ1) is 12.7. The zero-order valence-corrected chi connectivity index (χ0v) is 15.6. The molecule has 2 fully saturated rings. The fourth-order valence-electron chi connectivity index (χ4n) is 4.74. The Morgan fingerprint density at radius 2 is 1.92 bits per heavy atom. The molecule has 6 nitrogen and oxygen atoms in total. The van der Waals surface area contributed by atoms with E-state index in [2.05, 4.69) is 20.5 Å². The maximum absolute atomic E-state index is 12.6. The number of rotatable bonds is 8. The third-order valence-electron chi connectivity index (χ3n) is 6.08. The Morgan fingerprint density at radius 1 is 1.23 bits per heavy atom. The van der Waals surface area contributed by atoms with Crippen LogP contribution in [0, 0.1) is 5.92 Å². The third-order valence-corrected chi connectivity index (χ3v) is 6.08. The van der Waals surface area contributed by atoms with Gasteiger partial charge in [-0.05, 0) is 43.7 Å². The molecule has 6 heteroatoms. The van der Waals surface area contributed by atoms with Crippen molar-refractivity contribution < 1.29 is 9.90 Å². The van der Waals surface area contributed by atoms with Gasteiger partial charge in [0.15, 0.2) is 0 Å². The number of nitrogens with zero attached hydrogens (tertiary/aromatic N) is 2. The Morgan fingerprint density at radius 3 is 2.58 bits per heavy atom. The summed E-state index contributed by atoms with van der Waals surface area (Å²) in [6, 6.07) is 3.89. The molecule has 3 N–H and O–H groups in total. The summed E-state index contributed by atoms with van der Waals surface area (Å²) >= 11 is 0. The zero-order valence-electron chi connectivity index (χ0n) is 15.6. The molecule has 1 saturated heterocycles. The number of hydrogen-bond donors (Lipinski definition) is 3. The number of anilines is 1. The first-order valence-electron chi connectivity index (χ1n) is 10.1. The molecule has 1 aliphatic carbocycles. The lowest BCUT2D eigenvalue weighted by atomic mass is 9.71. The molecule has 2 heterocycles. The summed E-state index contributed by atoms with van der Waals surface area (Å²) in [5, 5.41) is 17.1. The van der Waals surface area contributed by atoms with E-state index < -0.39 is 11.5 Å². The van der Waals surface area contributed by atoms with Gasteiger partial charge in [0.1, 0.15) is 5.54 Å². The largest absolute Gasteiger partial charge is 0.480 e. The Hall–Kier alpha value is -1.66. The molecular weight excluding hydrogens is 328 g/mol. The number of aliphatic carboxylic acids is 1. The SMILES string of the molecule is O=C(O)C(CCCNc1ccncc1)(C1CCCCC1)N1CCNCC1. The van der Waals surface area contributed by atoms with E-state index in [1.807, 2.05) is 12.1 Å². The van der Waals surface area contributed by atoms with Crippen LogP contribution in [-0.4, -0.2) is 59.2 Å². The molecule has 144 valence electrons. The van der Waals surface area contributed by atoms with Gasteiger partial charge >= 0.3 is 5.97 Å². The number of piperazine rings is 1. The molecule has 1 aromatic heterocycles. The Balaban J connectivity index is 1.69. The summed E-state index contributed by atoms with van der Waals surface area (Å²) in [6.07, 6.45) is 10.8. The summed E-state index contributed by atoms with van der Waals surface area (Å²) in [5.74, 6) is -0.344. The molecule has 3 rings (SSSR count). The van der Waals surface area contributed by atoms with Gasteiger partial charge in [-0.3, -0.25) is 14.7 Å². The van der Waals surface area contributed by atoms with E-state index in [0.717, 1.165) is 57.7 Å². The average Bonchev–Trinajstić information content (AvgIpc) is 2.70. The Kier molecular flexibility index (Phi) is 6.86. The summed E-state index contributed by atoms with van der Waals surface area (Å²) in [5.41, 5.74) is 0.336. The Bertz CT molecular complexity index is 536. The lowest BCUT2D eigenvalue weighted by Crippen LogP contribution is -2.64. The molecule has 0 amide bonds. The van der Waals surface area contributed by atoms with Gasteiger partial charge in [-0.2, -0.15) is 0 Å². The van der Waals surface area contributed by atoms with Crippen LogP contribution in [0.1, 0.15) is 44.9 Å². The van der Waals surface area contributed by atoms with Crippen LogP contribution in [0.4, 0.5) is 5.69 Å². The van der Waals surface area contributed by atoms with Crippen LogP contribution in [0.25, 0.3) is 0 Å². The van der Waals surface area contributed by atoms with Crippen molar-refractivity contribution >= 4 is 11.7 Å². The van der Waals surface area contributed by atoms with Crippen LogP contribution in [0.15, 0.2) is 24.5 Å². The molecule has 0 bridgehead atoms. The molecule has 0 aromatic carbocycles. The van der Waals surface area contributed by atoms with E-state index in [1.54, 1.807) is 12.4 Å². The van der Waals surface area contributed by atoms with Crippen molar-refractivity contribution in [2.75, 3.05) is 38.0 Å². The van der Waals surface area contributed by atoms with Crippen LogP contribution >= 0.6 is 0 Å². The lowest BCUT2D eigenvalue weighted by molar-refractivity contribution is -0.159. The van der Waals surface area contributed by atoms with Gasteiger partial charge in [0.25, 0.3) is 0 Å². The van der Waals surface area contributed by atoms with Crippen molar-refractivity contribution in [3.8, 4) is 0 Å². The topological polar surface area (TPSA) is 77.5 Å². The monoisotopic (exact) mass is 360 g/mol. The number of aromatic nitrogens is 1. The van der Waals surface area contributed by atoms with E-state index in [0.29, 0.717) is 6.42 Å². The summed E-state index contributed by atoms with van der Waals surface area (Å²) in [6.45, 7) is 4.23. The maximum Gasteiger partial charge on any atom is 0.324 e. The maximum atomic E-state index is 12.6. The number of hydrogen-bond acceptors (Lipinski definition) is 5. The third kappa shape index (κ3) is 4.35. The second-order valence-electron chi connectivity index (χ2n) is 7.57. The molecule has 1 aromatic rings. The molecule has 1 aliphatic heterocycles. The predicted octanol–water partition coefficient (Wildman–Crippen LogP) is 2.58. The van der Waals surface area contributed by atoms with E-state index >= 15 is 0 Å². The van der Waals surface area contributed by atoms with Gasteiger partial charge in [-0.25, -0.2) is 0 Å². The van der Waals surface area contributed by atoms with E-state index in [9.17, 15) is 9.90 Å². The zero-order chi connectivity index (χ0) is 18.2. The van der Waals surface area contributed by atoms with Crippen molar-refractivity contribution in [2.45, 2.75) is 50.5 Å². The minimum atomic E-state index is -0.706. The smallest absolute Gasteiger partial charge is 0.324 e. The molecule has 26 heavy (non-hydrogen) atoms. The molecule has 0 radical (unpaired) electrons. The summed E-state index contributed by atoms with van der Waals surface area (Å²) < 4.78 is 0. The minimum absolute atomic E-state index is 0.271. The van der Waals surface area contributed by atoms with Gasteiger partial charge in [0, 0.05) is 50.8 Å². The number of nitrogens with one attached hydrogen (secondary N) is 2. The first kappa shape index (κ1) is 19.1. The standard InChI is InChI=1S/C20H32N4O2/c25-19(26)20(17-5-2-1-3-6-17,24-15-13-22-14-16-24)9-4-10-23-18-7-11-21-12-8-18/h7-8,11-12,17,22H,1-6,9-10,13-16H2,(H,21,23)(H,25,26). The van der Waals surface area contributed by atoms with Gasteiger partial charge < -0.3 is 15.7 Å². The van der Waals surface area contributed by atoms with Crippen LogP contribution < -0.4 is 10.6 Å². The highest BCUT2D eigenvalue weighted by Gasteiger charge is 2.50. The molecule has 1 unspecified atom stereocenters. The lowest BCUT2D eigenvalue weighted by Gasteiger charge is -2.48. The van der Waals surface area contributed by atoms with Crippen molar-refractivity contribution in [3.63, 3.8) is 0 Å². The second-order valence-corrected chi connectivity index (χ2v) is 7.57. The Labute approximate surface area is 156 Å². The van der Waals surface area contributed by atoms with E-state index in [4.69, 9.17) is 0 Å². The highest BCUT2D eigenvalue weighted by molar-refractivity contribution is 5.79. The number of carboxylic acid groups (broad SMARTS) is 1. The fourth-order valence-corrected chi connectivity index (χ4v) is 4.74. The van der Waals surface area contributed by atoms with Crippen molar-refractivity contribution in [3.05, 3.63) is 24.5 Å². The first-order valence-corrected chi connectivity index (χ1v) is 10.1. The van der Waals surface area contributed by atoms with Crippen LogP contribution in [0.5, 0.6) is 0 Å². The van der Waals surface area contributed by atoms with Crippen molar-refractivity contribution in [1.82, 2.24) is 15.2 Å². The number of carboxylic acids is 1. The molecule has 1 atom stereocenters. The summed E-state index contributed by atoms with van der Waals surface area (Å²) in [7, 11) is 0. The van der Waals surface area contributed by atoms with Gasteiger partial charge in [0.2, 0.25) is 0 Å². The normalized spacial score (nSPS) is 21.8. The van der Waals surface area contributed by atoms with Gasteiger partial charge in [-0.1, -0.05) is 19.3 Å². The molecule has 0 spiro atoms. The van der Waals surface area contributed by atoms with Crippen molar-refractivity contribution in [2.24, 2.45) is 5.92 Å². The molecule has 1 saturated carbocycles. The van der Waals surface area contributed by atoms with Crippen LogP contribution in [-0.2, 0) is 4.79 Å². The molecular formula is C20H32N4O2. The quantitative estimate of drug-likeness (QED) is 0.619. The summed E-state index contributed by atoms with van der Waals surface area (Å²) in [4.78, 5) is 18.9. The highest BCUT2D eigenvalue weighted by Crippen LogP contribution is 2.40.